The van der Waals surface area contributed by atoms with Crippen LogP contribution in [0.25, 0.3) is 0 Å². The van der Waals surface area contributed by atoms with Crippen LogP contribution >= 0.6 is 11.6 Å². The fourth-order valence-corrected chi connectivity index (χ4v) is 2.11. The number of rotatable bonds is 5. The molecule has 0 saturated carbocycles. The summed E-state index contributed by atoms with van der Waals surface area (Å²) in [7, 11) is 0. The van der Waals surface area contributed by atoms with E-state index in [1.807, 2.05) is 62.4 Å². The Morgan fingerprint density at radius 1 is 1.19 bits per heavy atom. The number of para-hydroxylation sites is 1. The van der Waals surface area contributed by atoms with Gasteiger partial charge in [0, 0.05) is 5.02 Å². The molecule has 0 fully saturated rings. The van der Waals surface area contributed by atoms with Crippen molar-refractivity contribution in [1.29, 1.82) is 0 Å². The summed E-state index contributed by atoms with van der Waals surface area (Å²) in [6.07, 6.45) is 0. The Morgan fingerprint density at radius 3 is 2.52 bits per heavy atom. The molecule has 0 saturated heterocycles. The van der Waals surface area contributed by atoms with Crippen LogP contribution in [0, 0.1) is 6.92 Å². The summed E-state index contributed by atoms with van der Waals surface area (Å²) < 4.78 is 5.52. The van der Waals surface area contributed by atoms with E-state index in [1.54, 1.807) is 0 Å². The number of carbonyl (C=O) groups excluding carboxylic acids is 1. The molecular formula is C17H18ClNO2. The highest BCUT2D eigenvalue weighted by Crippen LogP contribution is 2.17. The summed E-state index contributed by atoms with van der Waals surface area (Å²) in [5.74, 6) is 0.576. The van der Waals surface area contributed by atoms with E-state index in [-0.39, 0.29) is 18.6 Å². The first-order valence-electron chi connectivity index (χ1n) is 6.79. The van der Waals surface area contributed by atoms with Crippen LogP contribution in [0.15, 0.2) is 48.5 Å². The third kappa shape index (κ3) is 4.50. The van der Waals surface area contributed by atoms with Gasteiger partial charge < -0.3 is 10.1 Å². The molecule has 0 spiro atoms. The van der Waals surface area contributed by atoms with Crippen LogP contribution in [0.1, 0.15) is 24.1 Å². The van der Waals surface area contributed by atoms with Gasteiger partial charge in [0.1, 0.15) is 5.75 Å². The predicted molar refractivity (Wildman–Crippen MR) is 84.7 cm³/mol. The monoisotopic (exact) mass is 303 g/mol. The van der Waals surface area contributed by atoms with Crippen LogP contribution < -0.4 is 10.1 Å². The van der Waals surface area contributed by atoms with Crippen LogP contribution in [0.2, 0.25) is 5.02 Å². The minimum Gasteiger partial charge on any atom is -0.484 e. The van der Waals surface area contributed by atoms with E-state index < -0.39 is 0 Å². The number of carbonyl (C=O) groups is 1. The van der Waals surface area contributed by atoms with Crippen molar-refractivity contribution in [2.24, 2.45) is 0 Å². The molecule has 4 heteroatoms. The Labute approximate surface area is 129 Å². The molecule has 0 bridgehead atoms. The Morgan fingerprint density at radius 2 is 1.86 bits per heavy atom. The third-order valence-electron chi connectivity index (χ3n) is 3.20. The highest BCUT2D eigenvalue weighted by atomic mass is 35.5. The van der Waals surface area contributed by atoms with Crippen molar-refractivity contribution < 1.29 is 9.53 Å². The lowest BCUT2D eigenvalue weighted by atomic mass is 10.1. The summed E-state index contributed by atoms with van der Waals surface area (Å²) in [6.45, 7) is 3.88. The van der Waals surface area contributed by atoms with E-state index in [1.165, 1.54) is 0 Å². The molecule has 1 amide bonds. The van der Waals surface area contributed by atoms with E-state index in [9.17, 15) is 4.79 Å². The summed E-state index contributed by atoms with van der Waals surface area (Å²) in [5, 5.41) is 3.58. The number of ether oxygens (including phenoxy) is 1. The minimum absolute atomic E-state index is 0.00276. The number of hydrogen-bond donors (Lipinski definition) is 1. The number of hydrogen-bond acceptors (Lipinski definition) is 2. The summed E-state index contributed by atoms with van der Waals surface area (Å²) in [5.41, 5.74) is 2.01. The highest BCUT2D eigenvalue weighted by molar-refractivity contribution is 6.30. The number of halogens is 1. The van der Waals surface area contributed by atoms with Gasteiger partial charge in [0.15, 0.2) is 6.61 Å². The van der Waals surface area contributed by atoms with Gasteiger partial charge in [-0.1, -0.05) is 41.9 Å². The molecule has 0 aliphatic heterocycles. The molecule has 0 aliphatic carbocycles. The van der Waals surface area contributed by atoms with Crippen molar-refractivity contribution in [3.63, 3.8) is 0 Å². The average molecular weight is 304 g/mol. The van der Waals surface area contributed by atoms with Crippen LogP contribution in [0.4, 0.5) is 0 Å². The molecule has 0 aliphatic rings. The second-order valence-electron chi connectivity index (χ2n) is 4.89. The quantitative estimate of drug-likeness (QED) is 0.909. The van der Waals surface area contributed by atoms with E-state index >= 15 is 0 Å². The maximum Gasteiger partial charge on any atom is 0.258 e. The third-order valence-corrected chi connectivity index (χ3v) is 3.45. The van der Waals surface area contributed by atoms with Crippen LogP contribution in [-0.4, -0.2) is 12.5 Å². The Hall–Kier alpha value is -2.00. The van der Waals surface area contributed by atoms with E-state index in [2.05, 4.69) is 5.32 Å². The fourth-order valence-electron chi connectivity index (χ4n) is 1.98. The Balaban J connectivity index is 1.87. The molecule has 2 aromatic rings. The van der Waals surface area contributed by atoms with Crippen LogP contribution in [-0.2, 0) is 4.79 Å². The summed E-state index contributed by atoms with van der Waals surface area (Å²) >= 11 is 5.85. The van der Waals surface area contributed by atoms with Crippen LogP contribution in [0.3, 0.4) is 0 Å². The van der Waals surface area contributed by atoms with Gasteiger partial charge in [-0.15, -0.1) is 0 Å². The van der Waals surface area contributed by atoms with Gasteiger partial charge in [-0.3, -0.25) is 4.79 Å². The summed E-state index contributed by atoms with van der Waals surface area (Å²) in [6, 6.07) is 14.9. The molecule has 3 nitrogen and oxygen atoms in total. The van der Waals surface area contributed by atoms with Gasteiger partial charge in [0.25, 0.3) is 5.91 Å². The molecule has 1 atom stereocenters. The standard InChI is InChI=1S/C17H18ClNO2/c1-12-5-3-4-6-16(12)21-11-17(20)19-13(2)14-7-9-15(18)10-8-14/h3-10,13H,11H2,1-2H3,(H,19,20)/t13-/m1/s1. The van der Waals surface area contributed by atoms with Gasteiger partial charge in [0.2, 0.25) is 0 Å². The van der Waals surface area contributed by atoms with E-state index in [4.69, 9.17) is 16.3 Å². The molecule has 2 rings (SSSR count). The van der Waals surface area contributed by atoms with Crippen molar-refractivity contribution in [3.05, 3.63) is 64.7 Å². The first-order chi connectivity index (χ1) is 10.1. The normalized spacial score (nSPS) is 11.8. The zero-order chi connectivity index (χ0) is 15.2. The summed E-state index contributed by atoms with van der Waals surface area (Å²) in [4.78, 5) is 11.9. The highest BCUT2D eigenvalue weighted by Gasteiger charge is 2.10. The molecule has 110 valence electrons. The Bertz CT molecular complexity index is 610. The second kappa shape index (κ2) is 7.14. The molecular weight excluding hydrogens is 286 g/mol. The van der Waals surface area contributed by atoms with Crippen molar-refractivity contribution in [1.82, 2.24) is 5.32 Å². The van der Waals surface area contributed by atoms with E-state index in [0.29, 0.717) is 5.02 Å². The first-order valence-corrected chi connectivity index (χ1v) is 7.17. The lowest BCUT2D eigenvalue weighted by Crippen LogP contribution is -2.31. The topological polar surface area (TPSA) is 38.3 Å². The molecule has 0 aromatic heterocycles. The number of aryl methyl sites for hydroxylation is 1. The molecule has 0 unspecified atom stereocenters. The molecule has 0 radical (unpaired) electrons. The maximum atomic E-state index is 11.9. The SMILES string of the molecule is Cc1ccccc1OCC(=O)N[C@H](C)c1ccc(Cl)cc1. The largest absolute Gasteiger partial charge is 0.484 e. The molecule has 21 heavy (non-hydrogen) atoms. The maximum absolute atomic E-state index is 11.9. The van der Waals surface area contributed by atoms with Gasteiger partial charge in [-0.2, -0.15) is 0 Å². The number of amides is 1. The first kappa shape index (κ1) is 15.4. The zero-order valence-electron chi connectivity index (χ0n) is 12.1. The van der Waals surface area contributed by atoms with Gasteiger partial charge in [-0.25, -0.2) is 0 Å². The Kier molecular flexibility index (Phi) is 5.23. The predicted octanol–water partition coefficient (Wildman–Crippen LogP) is 3.90. The van der Waals surface area contributed by atoms with Crippen molar-refractivity contribution in [2.75, 3.05) is 6.61 Å². The smallest absolute Gasteiger partial charge is 0.258 e. The number of benzene rings is 2. The number of nitrogens with one attached hydrogen (secondary N) is 1. The van der Waals surface area contributed by atoms with E-state index in [0.717, 1.165) is 16.9 Å². The lowest BCUT2D eigenvalue weighted by molar-refractivity contribution is -0.123. The van der Waals surface area contributed by atoms with Gasteiger partial charge in [-0.05, 0) is 43.2 Å². The molecule has 0 heterocycles. The molecule has 1 N–H and O–H groups in total. The minimum atomic E-state index is -0.152. The van der Waals surface area contributed by atoms with Crippen molar-refractivity contribution in [3.8, 4) is 5.75 Å². The second-order valence-corrected chi connectivity index (χ2v) is 5.33. The van der Waals surface area contributed by atoms with Crippen LogP contribution in [0.5, 0.6) is 5.75 Å². The average Bonchev–Trinajstić information content (AvgIpc) is 2.47. The fraction of sp³-hybridized carbons (Fsp3) is 0.235. The van der Waals surface area contributed by atoms with Crippen molar-refractivity contribution >= 4 is 17.5 Å². The van der Waals surface area contributed by atoms with Crippen molar-refractivity contribution in [2.45, 2.75) is 19.9 Å². The molecule has 2 aromatic carbocycles. The van der Waals surface area contributed by atoms with Gasteiger partial charge in [0.05, 0.1) is 6.04 Å². The van der Waals surface area contributed by atoms with Gasteiger partial charge >= 0.3 is 0 Å². The zero-order valence-corrected chi connectivity index (χ0v) is 12.9. The lowest BCUT2D eigenvalue weighted by Gasteiger charge is -2.15.